The summed E-state index contributed by atoms with van der Waals surface area (Å²) in [6.45, 7) is 4.77. The van der Waals surface area contributed by atoms with Crippen LogP contribution in [0.25, 0.3) is 0 Å². The monoisotopic (exact) mass is 340 g/mol. The van der Waals surface area contributed by atoms with Crippen LogP contribution in [0.2, 0.25) is 0 Å². The van der Waals surface area contributed by atoms with E-state index < -0.39 is 0 Å². The van der Waals surface area contributed by atoms with Crippen LogP contribution in [0.15, 0.2) is 0 Å². The summed E-state index contributed by atoms with van der Waals surface area (Å²) in [6, 6.07) is 0. The number of carbonyl (C=O) groups is 2. The highest BCUT2D eigenvalue weighted by atomic mass is 16.5. The molecule has 0 aliphatic heterocycles. The van der Waals surface area contributed by atoms with E-state index in [1.54, 1.807) is 0 Å². The van der Waals surface area contributed by atoms with Crippen LogP contribution in [0.1, 0.15) is 97.3 Å². The molecule has 140 valence electrons. The van der Waals surface area contributed by atoms with E-state index in [0.717, 1.165) is 19.3 Å². The Balaban J connectivity index is 2.07. The van der Waals surface area contributed by atoms with Gasteiger partial charge in [0.2, 0.25) is 0 Å². The molecule has 1 rings (SSSR count). The lowest BCUT2D eigenvalue weighted by atomic mass is 9.90. The first-order valence-corrected chi connectivity index (χ1v) is 10.0. The van der Waals surface area contributed by atoms with Crippen molar-refractivity contribution < 1.29 is 19.1 Å². The van der Waals surface area contributed by atoms with Gasteiger partial charge in [-0.05, 0) is 44.4 Å². The Labute approximate surface area is 147 Å². The van der Waals surface area contributed by atoms with E-state index in [1.165, 1.54) is 44.9 Å². The van der Waals surface area contributed by atoms with Crippen LogP contribution in [0.4, 0.5) is 0 Å². The largest absolute Gasteiger partial charge is 0.465 e. The minimum atomic E-state index is -0.182. The maximum Gasteiger partial charge on any atom is 0.306 e. The summed E-state index contributed by atoms with van der Waals surface area (Å²) in [5.74, 6) is 0.183. The lowest BCUT2D eigenvalue weighted by Gasteiger charge is -2.21. The van der Waals surface area contributed by atoms with Crippen molar-refractivity contribution in [2.45, 2.75) is 103 Å². The van der Waals surface area contributed by atoms with E-state index in [0.29, 0.717) is 31.8 Å². The van der Waals surface area contributed by atoms with Gasteiger partial charge < -0.3 is 9.47 Å². The Morgan fingerprint density at radius 3 is 2.33 bits per heavy atom. The van der Waals surface area contributed by atoms with Gasteiger partial charge in [-0.1, -0.05) is 46.0 Å². The Kier molecular flexibility index (Phi) is 11.6. The molecule has 1 aliphatic rings. The number of carbonyl (C=O) groups excluding carboxylic acids is 2. The minimum Gasteiger partial charge on any atom is -0.465 e. The third kappa shape index (κ3) is 9.94. The first-order chi connectivity index (χ1) is 11.7. The van der Waals surface area contributed by atoms with Gasteiger partial charge in [-0.25, -0.2) is 0 Å². The molecule has 4 heteroatoms. The van der Waals surface area contributed by atoms with Gasteiger partial charge in [0, 0.05) is 12.8 Å². The molecule has 0 saturated heterocycles. The first-order valence-electron chi connectivity index (χ1n) is 10.0. The Morgan fingerprint density at radius 1 is 0.958 bits per heavy atom. The second kappa shape index (κ2) is 13.3. The zero-order chi connectivity index (χ0) is 17.6. The number of hydrogen-bond acceptors (Lipinski definition) is 4. The Morgan fingerprint density at radius 2 is 1.67 bits per heavy atom. The zero-order valence-corrected chi connectivity index (χ0v) is 15.7. The molecule has 1 atom stereocenters. The average Bonchev–Trinajstić information content (AvgIpc) is 2.60. The van der Waals surface area contributed by atoms with Gasteiger partial charge in [0.25, 0.3) is 0 Å². The van der Waals surface area contributed by atoms with Crippen molar-refractivity contribution in [3.05, 3.63) is 0 Å². The van der Waals surface area contributed by atoms with Crippen LogP contribution in [-0.4, -0.2) is 24.6 Å². The number of esters is 2. The minimum absolute atomic E-state index is 0.0299. The maximum absolute atomic E-state index is 11.9. The van der Waals surface area contributed by atoms with Crippen molar-refractivity contribution in [1.29, 1.82) is 0 Å². The van der Waals surface area contributed by atoms with Gasteiger partial charge in [-0.2, -0.15) is 0 Å². The summed E-state index contributed by atoms with van der Waals surface area (Å²) in [5.41, 5.74) is 0. The van der Waals surface area contributed by atoms with Crippen molar-refractivity contribution in [3.63, 3.8) is 0 Å². The molecular formula is C20H36O4. The van der Waals surface area contributed by atoms with Crippen LogP contribution in [0, 0.1) is 5.92 Å². The Hall–Kier alpha value is -1.06. The molecule has 0 amide bonds. The molecule has 0 aromatic carbocycles. The fraction of sp³-hybridized carbons (Fsp3) is 0.900. The molecule has 1 saturated carbocycles. The molecule has 1 unspecified atom stereocenters. The SMILES string of the molecule is CCCCCC(CC)OC(=O)CCCC(=O)OCC1CCCCC1. The number of ether oxygens (including phenoxy) is 2. The lowest BCUT2D eigenvalue weighted by Crippen LogP contribution is -2.18. The van der Waals surface area contributed by atoms with Crippen molar-refractivity contribution in [2.24, 2.45) is 5.92 Å². The van der Waals surface area contributed by atoms with Gasteiger partial charge in [0.1, 0.15) is 6.10 Å². The van der Waals surface area contributed by atoms with E-state index in [1.807, 2.05) is 6.92 Å². The van der Waals surface area contributed by atoms with Crippen LogP contribution in [0.3, 0.4) is 0 Å². The quantitative estimate of drug-likeness (QED) is 0.363. The lowest BCUT2D eigenvalue weighted by molar-refractivity contribution is -0.150. The van der Waals surface area contributed by atoms with Crippen molar-refractivity contribution in [1.82, 2.24) is 0 Å². The molecule has 0 N–H and O–H groups in total. The molecule has 1 aliphatic carbocycles. The van der Waals surface area contributed by atoms with Crippen LogP contribution < -0.4 is 0 Å². The topological polar surface area (TPSA) is 52.6 Å². The zero-order valence-electron chi connectivity index (χ0n) is 15.7. The van der Waals surface area contributed by atoms with E-state index in [9.17, 15) is 9.59 Å². The molecule has 1 fully saturated rings. The molecular weight excluding hydrogens is 304 g/mol. The van der Waals surface area contributed by atoms with Crippen LogP contribution >= 0.6 is 0 Å². The predicted octanol–water partition coefficient (Wildman–Crippen LogP) is 5.18. The fourth-order valence-electron chi connectivity index (χ4n) is 3.23. The third-order valence-corrected chi connectivity index (χ3v) is 4.85. The van der Waals surface area contributed by atoms with E-state index in [-0.39, 0.29) is 18.0 Å². The number of unbranched alkanes of at least 4 members (excludes halogenated alkanes) is 2. The summed E-state index contributed by atoms with van der Waals surface area (Å²) in [5, 5.41) is 0. The van der Waals surface area contributed by atoms with Crippen LogP contribution in [-0.2, 0) is 19.1 Å². The molecule has 0 aromatic heterocycles. The normalized spacial score (nSPS) is 16.6. The molecule has 0 spiro atoms. The predicted molar refractivity (Wildman–Crippen MR) is 95.7 cm³/mol. The second-order valence-corrected chi connectivity index (χ2v) is 7.06. The van der Waals surface area contributed by atoms with Crippen molar-refractivity contribution >= 4 is 11.9 Å². The summed E-state index contributed by atoms with van der Waals surface area (Å²) >= 11 is 0. The number of rotatable bonds is 12. The highest BCUT2D eigenvalue weighted by molar-refractivity contribution is 5.72. The van der Waals surface area contributed by atoms with E-state index >= 15 is 0 Å². The van der Waals surface area contributed by atoms with Crippen molar-refractivity contribution in [2.75, 3.05) is 6.61 Å². The van der Waals surface area contributed by atoms with Gasteiger partial charge in [-0.15, -0.1) is 0 Å². The summed E-state index contributed by atoms with van der Waals surface area (Å²) in [6.07, 6.45) is 12.6. The van der Waals surface area contributed by atoms with Gasteiger partial charge in [0.15, 0.2) is 0 Å². The Bertz CT molecular complexity index is 348. The van der Waals surface area contributed by atoms with E-state index in [2.05, 4.69) is 6.92 Å². The summed E-state index contributed by atoms with van der Waals surface area (Å²) in [7, 11) is 0. The molecule has 4 nitrogen and oxygen atoms in total. The summed E-state index contributed by atoms with van der Waals surface area (Å²) < 4.78 is 10.8. The maximum atomic E-state index is 11.9. The van der Waals surface area contributed by atoms with Crippen molar-refractivity contribution in [3.8, 4) is 0 Å². The standard InChI is InChI=1S/C20H36O4/c1-3-5-7-13-18(4-2)24-20(22)15-10-14-19(21)23-16-17-11-8-6-9-12-17/h17-18H,3-16H2,1-2H3. The molecule has 0 radical (unpaired) electrons. The smallest absolute Gasteiger partial charge is 0.306 e. The van der Waals surface area contributed by atoms with Gasteiger partial charge >= 0.3 is 11.9 Å². The molecule has 24 heavy (non-hydrogen) atoms. The van der Waals surface area contributed by atoms with E-state index in [4.69, 9.17) is 9.47 Å². The second-order valence-electron chi connectivity index (χ2n) is 7.06. The van der Waals surface area contributed by atoms with Crippen LogP contribution in [0.5, 0.6) is 0 Å². The molecule has 0 aromatic rings. The highest BCUT2D eigenvalue weighted by Gasteiger charge is 2.16. The summed E-state index contributed by atoms with van der Waals surface area (Å²) in [4.78, 5) is 23.6. The number of hydrogen-bond donors (Lipinski definition) is 0. The average molecular weight is 341 g/mol. The van der Waals surface area contributed by atoms with Gasteiger partial charge in [0.05, 0.1) is 6.61 Å². The fourth-order valence-corrected chi connectivity index (χ4v) is 3.23. The molecule has 0 heterocycles. The first kappa shape index (κ1) is 21.0. The van der Waals surface area contributed by atoms with Gasteiger partial charge in [-0.3, -0.25) is 9.59 Å². The highest BCUT2D eigenvalue weighted by Crippen LogP contribution is 2.23. The third-order valence-electron chi connectivity index (χ3n) is 4.85. The molecule has 0 bridgehead atoms.